The van der Waals surface area contributed by atoms with Crippen LogP contribution in [-0.4, -0.2) is 58.1 Å². The number of carboxylic acid groups (broad SMARTS) is 1. The summed E-state index contributed by atoms with van der Waals surface area (Å²) in [7, 11) is 1.66. The first-order valence-corrected chi connectivity index (χ1v) is 8.26. The van der Waals surface area contributed by atoms with Crippen LogP contribution in [0.4, 0.5) is 0 Å². The minimum atomic E-state index is -0.773. The third kappa shape index (κ3) is 4.24. The highest BCUT2D eigenvalue weighted by Gasteiger charge is 2.36. The second-order valence-corrected chi connectivity index (χ2v) is 6.22. The monoisotopic (exact) mass is 342 g/mol. The fourth-order valence-corrected chi connectivity index (χ4v) is 3.40. The van der Waals surface area contributed by atoms with E-state index in [9.17, 15) is 4.79 Å². The molecule has 2 N–H and O–H groups in total. The number of nitrogens with one attached hydrogen (secondary N) is 1. The highest BCUT2D eigenvalue weighted by atomic mass is 16.5. The van der Waals surface area contributed by atoms with Crippen molar-refractivity contribution < 1.29 is 14.6 Å². The molecule has 3 rings (SSSR count). The van der Waals surface area contributed by atoms with Crippen LogP contribution in [0.1, 0.15) is 23.6 Å². The summed E-state index contributed by atoms with van der Waals surface area (Å²) in [6.07, 6.45) is 5.95. The van der Waals surface area contributed by atoms with Gasteiger partial charge in [-0.15, -0.1) is 0 Å². The molecule has 0 bridgehead atoms. The molecule has 132 valence electrons. The first-order valence-electron chi connectivity index (χ1n) is 8.26. The molecular weight excluding hydrogens is 320 g/mol. The standard InChI is InChI=1S/C18H22N4O3/c1-25-17-7-3-2-5-13(17)6-4-8-22-11-14(9-18(23)24)15(12-22)16-10-19-21-20-16/h2-7,10,14-15H,8-9,11-12H2,1H3,(H,23,24)(H,19,20,21)/b6-4+/t14-,15+/m1/s1. The van der Waals surface area contributed by atoms with Gasteiger partial charge in [-0.05, 0) is 12.0 Å². The maximum Gasteiger partial charge on any atom is 0.303 e. The van der Waals surface area contributed by atoms with Crippen molar-refractivity contribution in [1.82, 2.24) is 20.3 Å². The Hall–Kier alpha value is -2.67. The van der Waals surface area contributed by atoms with Gasteiger partial charge < -0.3 is 9.84 Å². The Balaban J connectivity index is 1.65. The number of carboxylic acids is 1. The predicted octanol–water partition coefficient (Wildman–Crippen LogP) is 2.02. The van der Waals surface area contributed by atoms with Crippen LogP contribution < -0.4 is 4.74 Å². The van der Waals surface area contributed by atoms with Crippen molar-refractivity contribution in [3.05, 3.63) is 47.8 Å². The van der Waals surface area contributed by atoms with E-state index in [4.69, 9.17) is 9.84 Å². The lowest BCUT2D eigenvalue weighted by molar-refractivity contribution is -0.138. The van der Waals surface area contributed by atoms with Gasteiger partial charge in [0, 0.05) is 31.1 Å². The summed E-state index contributed by atoms with van der Waals surface area (Å²) in [6, 6.07) is 7.85. The van der Waals surface area contributed by atoms with Crippen molar-refractivity contribution in [2.24, 2.45) is 5.92 Å². The molecule has 25 heavy (non-hydrogen) atoms. The summed E-state index contributed by atoms with van der Waals surface area (Å²) in [5.41, 5.74) is 1.86. The van der Waals surface area contributed by atoms with E-state index in [0.717, 1.165) is 36.6 Å². The summed E-state index contributed by atoms with van der Waals surface area (Å²) in [6.45, 7) is 2.27. The van der Waals surface area contributed by atoms with Crippen LogP contribution in [-0.2, 0) is 4.79 Å². The van der Waals surface area contributed by atoms with E-state index >= 15 is 0 Å². The van der Waals surface area contributed by atoms with Gasteiger partial charge in [0.25, 0.3) is 0 Å². The van der Waals surface area contributed by atoms with Crippen molar-refractivity contribution in [1.29, 1.82) is 0 Å². The maximum absolute atomic E-state index is 11.2. The molecule has 1 saturated heterocycles. The van der Waals surface area contributed by atoms with Gasteiger partial charge in [0.05, 0.1) is 25.4 Å². The third-order valence-corrected chi connectivity index (χ3v) is 4.57. The van der Waals surface area contributed by atoms with Crippen LogP contribution in [0.15, 0.2) is 36.5 Å². The zero-order valence-corrected chi connectivity index (χ0v) is 14.1. The van der Waals surface area contributed by atoms with Crippen molar-refractivity contribution in [2.75, 3.05) is 26.7 Å². The number of aliphatic carboxylic acids is 1. The zero-order valence-electron chi connectivity index (χ0n) is 14.1. The van der Waals surface area contributed by atoms with E-state index in [2.05, 4.69) is 26.4 Å². The minimum Gasteiger partial charge on any atom is -0.496 e. The molecule has 1 aromatic heterocycles. The lowest BCUT2D eigenvalue weighted by Gasteiger charge is -2.12. The Kier molecular flexibility index (Phi) is 5.45. The largest absolute Gasteiger partial charge is 0.496 e. The molecule has 0 amide bonds. The van der Waals surface area contributed by atoms with E-state index in [-0.39, 0.29) is 18.3 Å². The Labute approximate surface area is 146 Å². The smallest absolute Gasteiger partial charge is 0.303 e. The molecule has 0 saturated carbocycles. The molecule has 1 aromatic carbocycles. The molecule has 2 aromatic rings. The summed E-state index contributed by atoms with van der Waals surface area (Å²) in [4.78, 5) is 13.4. The maximum atomic E-state index is 11.2. The fourth-order valence-electron chi connectivity index (χ4n) is 3.40. The number of para-hydroxylation sites is 1. The van der Waals surface area contributed by atoms with Crippen molar-refractivity contribution in [3.8, 4) is 5.75 Å². The van der Waals surface area contributed by atoms with Crippen molar-refractivity contribution >= 4 is 12.0 Å². The van der Waals surface area contributed by atoms with E-state index in [0.29, 0.717) is 0 Å². The number of likely N-dealkylation sites (tertiary alicyclic amines) is 1. The third-order valence-electron chi connectivity index (χ3n) is 4.57. The number of ether oxygens (including phenoxy) is 1. The van der Waals surface area contributed by atoms with Crippen molar-refractivity contribution in [2.45, 2.75) is 12.3 Å². The summed E-state index contributed by atoms with van der Waals surface area (Å²) in [5.74, 6) is 0.200. The molecule has 0 radical (unpaired) electrons. The molecule has 1 aliphatic heterocycles. The number of hydrogen-bond donors (Lipinski definition) is 2. The van der Waals surface area contributed by atoms with Gasteiger partial charge in [0.1, 0.15) is 5.75 Å². The van der Waals surface area contributed by atoms with Crippen LogP contribution in [0.3, 0.4) is 0 Å². The lowest BCUT2D eigenvalue weighted by atomic mass is 9.91. The predicted molar refractivity (Wildman–Crippen MR) is 93.3 cm³/mol. The molecular formula is C18H22N4O3. The average molecular weight is 342 g/mol. The lowest BCUT2D eigenvalue weighted by Crippen LogP contribution is -2.21. The summed E-state index contributed by atoms with van der Waals surface area (Å²) < 4.78 is 5.35. The van der Waals surface area contributed by atoms with Crippen LogP contribution in [0.25, 0.3) is 6.08 Å². The number of H-pyrrole nitrogens is 1. The number of nitrogens with zero attached hydrogens (tertiary/aromatic N) is 3. The number of rotatable bonds is 7. The highest BCUT2D eigenvalue weighted by molar-refractivity contribution is 5.67. The number of carbonyl (C=O) groups is 1. The first kappa shape index (κ1) is 17.2. The second-order valence-electron chi connectivity index (χ2n) is 6.22. The molecule has 0 unspecified atom stereocenters. The van der Waals surface area contributed by atoms with Gasteiger partial charge in [0.15, 0.2) is 0 Å². The SMILES string of the molecule is COc1ccccc1/C=C/CN1C[C@@H](CC(=O)O)[C@@H](c2cn[nH]n2)C1. The number of aromatic amines is 1. The van der Waals surface area contributed by atoms with Crippen LogP contribution in [0.5, 0.6) is 5.75 Å². The molecule has 2 atom stereocenters. The molecule has 2 heterocycles. The van der Waals surface area contributed by atoms with Crippen LogP contribution >= 0.6 is 0 Å². The second kappa shape index (κ2) is 7.94. The van der Waals surface area contributed by atoms with E-state index < -0.39 is 5.97 Å². The Morgan fingerprint density at radius 3 is 3.00 bits per heavy atom. The molecule has 1 aliphatic rings. The van der Waals surface area contributed by atoms with Crippen molar-refractivity contribution in [3.63, 3.8) is 0 Å². The molecule has 1 fully saturated rings. The first-order chi connectivity index (χ1) is 12.2. The van der Waals surface area contributed by atoms with E-state index in [1.165, 1.54) is 0 Å². The average Bonchev–Trinajstić information content (AvgIpc) is 3.24. The normalized spacial score (nSPS) is 21.0. The van der Waals surface area contributed by atoms with E-state index in [1.54, 1.807) is 13.3 Å². The quantitative estimate of drug-likeness (QED) is 0.800. The van der Waals surface area contributed by atoms with Gasteiger partial charge in [-0.3, -0.25) is 9.69 Å². The van der Waals surface area contributed by atoms with E-state index in [1.807, 2.05) is 30.3 Å². The number of methoxy groups -OCH3 is 1. The van der Waals surface area contributed by atoms with Gasteiger partial charge in [-0.1, -0.05) is 30.4 Å². The minimum absolute atomic E-state index is 0.0438. The summed E-state index contributed by atoms with van der Waals surface area (Å²) in [5, 5.41) is 19.8. The van der Waals surface area contributed by atoms with Gasteiger partial charge in [-0.2, -0.15) is 15.4 Å². The molecule has 0 aliphatic carbocycles. The van der Waals surface area contributed by atoms with Gasteiger partial charge >= 0.3 is 5.97 Å². The Bertz CT molecular complexity index is 730. The number of benzene rings is 1. The number of aromatic nitrogens is 3. The molecule has 0 spiro atoms. The Morgan fingerprint density at radius 1 is 1.44 bits per heavy atom. The topological polar surface area (TPSA) is 91.3 Å². The Morgan fingerprint density at radius 2 is 2.28 bits per heavy atom. The fraction of sp³-hybridized carbons (Fsp3) is 0.389. The molecule has 7 heteroatoms. The molecule has 7 nitrogen and oxygen atoms in total. The van der Waals surface area contributed by atoms with Gasteiger partial charge in [0.2, 0.25) is 0 Å². The highest BCUT2D eigenvalue weighted by Crippen LogP contribution is 2.33. The van der Waals surface area contributed by atoms with Gasteiger partial charge in [-0.25, -0.2) is 0 Å². The van der Waals surface area contributed by atoms with Crippen LogP contribution in [0, 0.1) is 5.92 Å². The summed E-state index contributed by atoms with van der Waals surface area (Å²) >= 11 is 0. The van der Waals surface area contributed by atoms with Crippen LogP contribution in [0.2, 0.25) is 0 Å². The number of hydrogen-bond acceptors (Lipinski definition) is 5. The zero-order chi connectivity index (χ0) is 17.6.